The fraction of sp³-hybridized carbons (Fsp3) is 0.471. The van der Waals surface area contributed by atoms with Gasteiger partial charge in [-0.15, -0.1) is 6.58 Å². The molecule has 5 nitrogen and oxygen atoms in total. The van der Waals surface area contributed by atoms with Gasteiger partial charge in [-0.3, -0.25) is 4.90 Å². The SMILES string of the molecule is C=CCC(C)CNc1ccc(N(C(=O)O)[C@@H](C)CC)cc1O. The van der Waals surface area contributed by atoms with E-state index in [1.165, 1.54) is 11.0 Å². The van der Waals surface area contributed by atoms with E-state index in [1.807, 2.05) is 19.9 Å². The van der Waals surface area contributed by atoms with Crippen molar-refractivity contribution in [1.82, 2.24) is 0 Å². The molecule has 0 spiro atoms. The van der Waals surface area contributed by atoms with Crippen molar-refractivity contribution in [2.45, 2.75) is 39.7 Å². The number of rotatable bonds is 8. The van der Waals surface area contributed by atoms with Gasteiger partial charge in [0.05, 0.1) is 11.4 Å². The predicted molar refractivity (Wildman–Crippen MR) is 90.8 cm³/mol. The van der Waals surface area contributed by atoms with E-state index < -0.39 is 6.09 Å². The number of phenols is 1. The number of amides is 1. The minimum absolute atomic E-state index is 0.0536. The average molecular weight is 306 g/mol. The summed E-state index contributed by atoms with van der Waals surface area (Å²) < 4.78 is 0. The molecule has 0 saturated heterocycles. The number of phenolic OH excluding ortho intramolecular Hbond substituents is 1. The first-order chi connectivity index (χ1) is 10.4. The molecule has 0 heterocycles. The first-order valence-electron chi connectivity index (χ1n) is 7.60. The summed E-state index contributed by atoms with van der Waals surface area (Å²) in [7, 11) is 0. The highest BCUT2D eigenvalue weighted by atomic mass is 16.4. The molecule has 1 aromatic carbocycles. The molecule has 1 unspecified atom stereocenters. The van der Waals surface area contributed by atoms with Gasteiger partial charge < -0.3 is 15.5 Å². The fourth-order valence-electron chi connectivity index (χ4n) is 2.21. The zero-order chi connectivity index (χ0) is 16.7. The molecule has 22 heavy (non-hydrogen) atoms. The minimum atomic E-state index is -1.02. The van der Waals surface area contributed by atoms with E-state index in [0.29, 0.717) is 30.3 Å². The molecule has 1 aromatic rings. The van der Waals surface area contributed by atoms with E-state index in [0.717, 1.165) is 6.42 Å². The lowest BCUT2D eigenvalue weighted by molar-refractivity contribution is 0.199. The second kappa shape index (κ2) is 8.32. The topological polar surface area (TPSA) is 72.8 Å². The van der Waals surface area contributed by atoms with E-state index in [-0.39, 0.29) is 11.8 Å². The van der Waals surface area contributed by atoms with Crippen LogP contribution in [0.25, 0.3) is 0 Å². The number of carboxylic acid groups (broad SMARTS) is 1. The van der Waals surface area contributed by atoms with Gasteiger partial charge in [-0.2, -0.15) is 0 Å². The maximum atomic E-state index is 11.4. The van der Waals surface area contributed by atoms with E-state index >= 15 is 0 Å². The Morgan fingerprint density at radius 1 is 1.45 bits per heavy atom. The average Bonchev–Trinajstić information content (AvgIpc) is 2.46. The quantitative estimate of drug-likeness (QED) is 0.494. The van der Waals surface area contributed by atoms with E-state index in [1.54, 1.807) is 12.1 Å². The molecule has 3 N–H and O–H groups in total. The number of hydrogen-bond donors (Lipinski definition) is 3. The Kier molecular flexibility index (Phi) is 6.76. The van der Waals surface area contributed by atoms with Crippen LogP contribution in [-0.2, 0) is 0 Å². The highest BCUT2D eigenvalue weighted by Crippen LogP contribution is 2.30. The molecule has 0 aromatic heterocycles. The summed E-state index contributed by atoms with van der Waals surface area (Å²) in [5, 5.41) is 22.6. The molecule has 0 fully saturated rings. The van der Waals surface area contributed by atoms with Crippen LogP contribution in [0, 0.1) is 5.92 Å². The summed E-state index contributed by atoms with van der Waals surface area (Å²) in [6.45, 7) is 10.3. The van der Waals surface area contributed by atoms with E-state index in [9.17, 15) is 15.0 Å². The summed E-state index contributed by atoms with van der Waals surface area (Å²) in [6.07, 6.45) is 2.44. The Balaban J connectivity index is 2.88. The summed E-state index contributed by atoms with van der Waals surface area (Å²) >= 11 is 0. The van der Waals surface area contributed by atoms with Crippen molar-refractivity contribution < 1.29 is 15.0 Å². The van der Waals surface area contributed by atoms with Gasteiger partial charge >= 0.3 is 6.09 Å². The lowest BCUT2D eigenvalue weighted by atomic mass is 10.1. The van der Waals surface area contributed by atoms with Crippen molar-refractivity contribution in [3.05, 3.63) is 30.9 Å². The summed E-state index contributed by atoms with van der Waals surface area (Å²) in [6, 6.07) is 4.76. The third-order valence-corrected chi connectivity index (χ3v) is 3.71. The Morgan fingerprint density at radius 2 is 2.14 bits per heavy atom. The van der Waals surface area contributed by atoms with Gasteiger partial charge in [0.1, 0.15) is 5.75 Å². The molecular formula is C17H26N2O3. The third-order valence-electron chi connectivity index (χ3n) is 3.71. The van der Waals surface area contributed by atoms with Crippen LogP contribution in [0.4, 0.5) is 16.2 Å². The third kappa shape index (κ3) is 4.69. The summed E-state index contributed by atoms with van der Waals surface area (Å²) in [5.74, 6) is 0.463. The summed E-state index contributed by atoms with van der Waals surface area (Å²) in [5.41, 5.74) is 1.08. The van der Waals surface area contributed by atoms with Crippen molar-refractivity contribution in [3.8, 4) is 5.75 Å². The standard InChI is InChI=1S/C17H26N2O3/c1-5-7-12(3)11-18-15-9-8-14(10-16(15)20)19(17(21)22)13(4)6-2/h5,8-10,12-13,18,20H,1,6-7,11H2,2-4H3,(H,21,22)/t12?,13-/m0/s1. The lowest BCUT2D eigenvalue weighted by Crippen LogP contribution is -2.37. The molecule has 5 heteroatoms. The molecule has 122 valence electrons. The minimum Gasteiger partial charge on any atom is -0.506 e. The highest BCUT2D eigenvalue weighted by molar-refractivity contribution is 5.87. The molecule has 2 atom stereocenters. The van der Waals surface area contributed by atoms with Crippen LogP contribution in [0.3, 0.4) is 0 Å². The largest absolute Gasteiger partial charge is 0.506 e. The molecular weight excluding hydrogens is 280 g/mol. The lowest BCUT2D eigenvalue weighted by Gasteiger charge is -2.26. The second-order valence-electron chi connectivity index (χ2n) is 5.62. The van der Waals surface area contributed by atoms with Crippen LogP contribution in [-0.4, -0.2) is 28.9 Å². The van der Waals surface area contributed by atoms with Crippen LogP contribution < -0.4 is 10.2 Å². The number of allylic oxidation sites excluding steroid dienone is 1. The van der Waals surface area contributed by atoms with Gasteiger partial charge in [-0.1, -0.05) is 19.9 Å². The fourth-order valence-corrected chi connectivity index (χ4v) is 2.21. The molecule has 0 aliphatic heterocycles. The maximum absolute atomic E-state index is 11.4. The normalized spacial score (nSPS) is 13.2. The van der Waals surface area contributed by atoms with Gasteiger partial charge in [-0.05, 0) is 37.8 Å². The van der Waals surface area contributed by atoms with Crippen LogP contribution >= 0.6 is 0 Å². The van der Waals surface area contributed by atoms with Crippen molar-refractivity contribution in [1.29, 1.82) is 0 Å². The van der Waals surface area contributed by atoms with Gasteiger partial charge in [0, 0.05) is 18.7 Å². The number of nitrogens with one attached hydrogen (secondary N) is 1. The van der Waals surface area contributed by atoms with Crippen LogP contribution in [0.5, 0.6) is 5.75 Å². The Bertz CT molecular complexity index is 517. The van der Waals surface area contributed by atoms with Crippen molar-refractivity contribution in [2.24, 2.45) is 5.92 Å². The van der Waals surface area contributed by atoms with E-state index in [2.05, 4.69) is 18.8 Å². The van der Waals surface area contributed by atoms with Crippen LogP contribution in [0.2, 0.25) is 0 Å². The zero-order valence-electron chi connectivity index (χ0n) is 13.5. The predicted octanol–water partition coefficient (Wildman–Crippen LogP) is 4.30. The number of aromatic hydroxyl groups is 1. The Labute approximate surface area is 132 Å². The van der Waals surface area contributed by atoms with Crippen molar-refractivity contribution in [3.63, 3.8) is 0 Å². The smallest absolute Gasteiger partial charge is 0.412 e. The van der Waals surface area contributed by atoms with Gasteiger partial charge in [0.2, 0.25) is 0 Å². The van der Waals surface area contributed by atoms with E-state index in [4.69, 9.17) is 0 Å². The Hall–Kier alpha value is -2.17. The molecule has 0 bridgehead atoms. The number of hydrogen-bond acceptors (Lipinski definition) is 3. The zero-order valence-corrected chi connectivity index (χ0v) is 13.5. The van der Waals surface area contributed by atoms with Crippen LogP contribution in [0.15, 0.2) is 30.9 Å². The highest BCUT2D eigenvalue weighted by Gasteiger charge is 2.21. The van der Waals surface area contributed by atoms with Gasteiger partial charge in [0.25, 0.3) is 0 Å². The molecule has 1 amide bonds. The maximum Gasteiger partial charge on any atom is 0.412 e. The number of anilines is 2. The molecule has 0 aliphatic carbocycles. The van der Waals surface area contributed by atoms with Crippen LogP contribution in [0.1, 0.15) is 33.6 Å². The number of nitrogens with zero attached hydrogens (tertiary/aromatic N) is 1. The van der Waals surface area contributed by atoms with Gasteiger partial charge in [0.15, 0.2) is 0 Å². The Morgan fingerprint density at radius 3 is 2.64 bits per heavy atom. The molecule has 0 radical (unpaired) electrons. The first-order valence-corrected chi connectivity index (χ1v) is 7.60. The van der Waals surface area contributed by atoms with Crippen molar-refractivity contribution >= 4 is 17.5 Å². The monoisotopic (exact) mass is 306 g/mol. The number of benzene rings is 1. The summed E-state index contributed by atoms with van der Waals surface area (Å²) in [4.78, 5) is 12.7. The van der Waals surface area contributed by atoms with Gasteiger partial charge in [-0.25, -0.2) is 4.79 Å². The van der Waals surface area contributed by atoms with Crippen molar-refractivity contribution in [2.75, 3.05) is 16.8 Å². The molecule has 1 rings (SSSR count). The molecule has 0 aliphatic rings. The second-order valence-corrected chi connectivity index (χ2v) is 5.62. The number of carbonyl (C=O) groups is 1. The molecule has 0 saturated carbocycles. The first kappa shape index (κ1) is 17.9.